The number of amides is 2. The summed E-state index contributed by atoms with van der Waals surface area (Å²) in [5.41, 5.74) is 1.95. The topological polar surface area (TPSA) is 61.4 Å². The molecule has 1 fully saturated rings. The summed E-state index contributed by atoms with van der Waals surface area (Å²) in [6.07, 6.45) is 0.741. The van der Waals surface area contributed by atoms with Gasteiger partial charge >= 0.3 is 0 Å². The first kappa shape index (κ1) is 17.8. The van der Waals surface area contributed by atoms with Gasteiger partial charge in [0.15, 0.2) is 0 Å². The van der Waals surface area contributed by atoms with Crippen molar-refractivity contribution >= 4 is 29.3 Å². The summed E-state index contributed by atoms with van der Waals surface area (Å²) in [7, 11) is 0. The Morgan fingerprint density at radius 3 is 2.52 bits per heavy atom. The summed E-state index contributed by atoms with van der Waals surface area (Å²) in [6, 6.07) is 7.71. The first-order chi connectivity index (χ1) is 11.1. The molecule has 1 aromatic rings. The normalized spacial score (nSPS) is 16.0. The van der Waals surface area contributed by atoms with Gasteiger partial charge in [0.2, 0.25) is 11.8 Å². The molecule has 126 valence electrons. The molecule has 0 saturated carbocycles. The molecule has 1 unspecified atom stereocenters. The Hall–Kier alpha value is -1.53. The average Bonchev–Trinajstić information content (AvgIpc) is 2.58. The van der Waals surface area contributed by atoms with E-state index in [-0.39, 0.29) is 17.1 Å². The van der Waals surface area contributed by atoms with Crippen molar-refractivity contribution in [3.63, 3.8) is 0 Å². The number of aryl methyl sites for hydroxylation is 1. The molecule has 5 nitrogen and oxygen atoms in total. The summed E-state index contributed by atoms with van der Waals surface area (Å²) in [5, 5.41) is 5.97. The molecule has 1 aliphatic rings. The molecule has 1 atom stereocenters. The zero-order valence-corrected chi connectivity index (χ0v) is 14.6. The maximum atomic E-state index is 12.5. The van der Waals surface area contributed by atoms with Gasteiger partial charge in [-0.15, -0.1) is 11.8 Å². The number of hydrogen-bond acceptors (Lipinski definition) is 4. The molecule has 2 N–H and O–H groups in total. The van der Waals surface area contributed by atoms with Crippen LogP contribution in [-0.4, -0.2) is 53.9 Å². The van der Waals surface area contributed by atoms with Crippen molar-refractivity contribution < 1.29 is 9.59 Å². The van der Waals surface area contributed by atoms with Crippen molar-refractivity contribution in [2.45, 2.75) is 25.5 Å². The first-order valence-electron chi connectivity index (χ1n) is 8.07. The number of piperazine rings is 1. The molecule has 1 aliphatic heterocycles. The molecule has 0 bridgehead atoms. The number of hydrogen-bond donors (Lipinski definition) is 2. The van der Waals surface area contributed by atoms with Crippen molar-refractivity contribution in [2.75, 3.05) is 37.2 Å². The molecule has 6 heteroatoms. The van der Waals surface area contributed by atoms with Crippen LogP contribution in [0.4, 0.5) is 5.69 Å². The van der Waals surface area contributed by atoms with Gasteiger partial charge in [0, 0.05) is 31.9 Å². The molecule has 1 saturated heterocycles. The predicted octanol–water partition coefficient (Wildman–Crippen LogP) is 1.88. The molecule has 1 aromatic carbocycles. The SMILES string of the molecule is CCC(SCC(=O)Nc1ccc(C)cc1)C(=O)N1CCNCC1. The van der Waals surface area contributed by atoms with E-state index >= 15 is 0 Å². The van der Waals surface area contributed by atoms with Crippen LogP contribution in [0.15, 0.2) is 24.3 Å². The van der Waals surface area contributed by atoms with E-state index in [1.165, 1.54) is 11.8 Å². The lowest BCUT2D eigenvalue weighted by Crippen LogP contribution is -2.49. The van der Waals surface area contributed by atoms with E-state index in [0.29, 0.717) is 5.75 Å². The van der Waals surface area contributed by atoms with Crippen molar-refractivity contribution in [3.05, 3.63) is 29.8 Å². The Labute approximate surface area is 142 Å². The summed E-state index contributed by atoms with van der Waals surface area (Å²) in [4.78, 5) is 26.4. The van der Waals surface area contributed by atoms with Crippen LogP contribution in [0.1, 0.15) is 18.9 Å². The lowest BCUT2D eigenvalue weighted by atomic mass is 10.2. The molecule has 23 heavy (non-hydrogen) atoms. The Balaban J connectivity index is 1.80. The zero-order chi connectivity index (χ0) is 16.7. The van der Waals surface area contributed by atoms with Crippen LogP contribution in [0.3, 0.4) is 0 Å². The average molecular weight is 335 g/mol. The van der Waals surface area contributed by atoms with Crippen LogP contribution in [0.2, 0.25) is 0 Å². The number of nitrogens with zero attached hydrogens (tertiary/aromatic N) is 1. The Kier molecular flexibility index (Phi) is 6.92. The van der Waals surface area contributed by atoms with Crippen LogP contribution in [-0.2, 0) is 9.59 Å². The number of carbonyl (C=O) groups excluding carboxylic acids is 2. The number of nitrogens with one attached hydrogen (secondary N) is 2. The van der Waals surface area contributed by atoms with E-state index in [2.05, 4.69) is 10.6 Å². The fourth-order valence-electron chi connectivity index (χ4n) is 2.46. The second-order valence-corrected chi connectivity index (χ2v) is 6.89. The Morgan fingerprint density at radius 2 is 1.91 bits per heavy atom. The highest BCUT2D eigenvalue weighted by Gasteiger charge is 2.25. The van der Waals surface area contributed by atoms with Crippen molar-refractivity contribution in [1.82, 2.24) is 10.2 Å². The third-order valence-corrected chi connectivity index (χ3v) is 5.19. The molecule has 0 radical (unpaired) electrons. The molecule has 0 spiro atoms. The molecular formula is C17H25N3O2S. The van der Waals surface area contributed by atoms with Crippen LogP contribution >= 0.6 is 11.8 Å². The third-order valence-electron chi connectivity index (χ3n) is 3.83. The lowest BCUT2D eigenvalue weighted by Gasteiger charge is -2.30. The fourth-order valence-corrected chi connectivity index (χ4v) is 3.41. The molecule has 2 rings (SSSR count). The molecular weight excluding hydrogens is 310 g/mol. The second kappa shape index (κ2) is 8.93. The number of rotatable bonds is 6. The van der Waals surface area contributed by atoms with Gasteiger partial charge in [-0.25, -0.2) is 0 Å². The summed E-state index contributed by atoms with van der Waals surface area (Å²) in [5.74, 6) is 0.386. The van der Waals surface area contributed by atoms with E-state index in [0.717, 1.165) is 43.9 Å². The minimum Gasteiger partial charge on any atom is -0.339 e. The summed E-state index contributed by atoms with van der Waals surface area (Å²) >= 11 is 1.43. The van der Waals surface area contributed by atoms with Crippen LogP contribution in [0.5, 0.6) is 0 Å². The maximum Gasteiger partial charge on any atom is 0.235 e. The van der Waals surface area contributed by atoms with Crippen LogP contribution in [0, 0.1) is 6.92 Å². The van der Waals surface area contributed by atoms with Crippen molar-refractivity contribution in [1.29, 1.82) is 0 Å². The summed E-state index contributed by atoms with van der Waals surface area (Å²) < 4.78 is 0. The van der Waals surface area contributed by atoms with Gasteiger partial charge in [0.1, 0.15) is 0 Å². The van der Waals surface area contributed by atoms with Crippen LogP contribution < -0.4 is 10.6 Å². The van der Waals surface area contributed by atoms with E-state index in [1.807, 2.05) is 43.0 Å². The lowest BCUT2D eigenvalue weighted by molar-refractivity contribution is -0.131. The molecule has 0 aliphatic carbocycles. The standard InChI is InChI=1S/C17H25N3O2S/c1-3-15(17(22)20-10-8-18-9-11-20)23-12-16(21)19-14-6-4-13(2)5-7-14/h4-7,15,18H,3,8-12H2,1-2H3,(H,19,21). The van der Waals surface area contributed by atoms with Crippen molar-refractivity contribution in [2.24, 2.45) is 0 Å². The van der Waals surface area contributed by atoms with Crippen LogP contribution in [0.25, 0.3) is 0 Å². The Morgan fingerprint density at radius 1 is 1.26 bits per heavy atom. The van der Waals surface area contributed by atoms with Gasteiger partial charge in [0.05, 0.1) is 11.0 Å². The van der Waals surface area contributed by atoms with Gasteiger partial charge in [-0.2, -0.15) is 0 Å². The highest BCUT2D eigenvalue weighted by atomic mass is 32.2. The van der Waals surface area contributed by atoms with E-state index in [1.54, 1.807) is 0 Å². The van der Waals surface area contributed by atoms with Gasteiger partial charge < -0.3 is 15.5 Å². The second-order valence-electron chi connectivity index (χ2n) is 5.70. The van der Waals surface area contributed by atoms with Gasteiger partial charge in [-0.05, 0) is 25.5 Å². The van der Waals surface area contributed by atoms with Crippen molar-refractivity contribution in [3.8, 4) is 0 Å². The molecule has 0 aromatic heterocycles. The quantitative estimate of drug-likeness (QED) is 0.833. The highest BCUT2D eigenvalue weighted by Crippen LogP contribution is 2.18. The molecule has 2 amide bonds. The zero-order valence-electron chi connectivity index (χ0n) is 13.8. The monoisotopic (exact) mass is 335 g/mol. The fraction of sp³-hybridized carbons (Fsp3) is 0.529. The largest absolute Gasteiger partial charge is 0.339 e. The van der Waals surface area contributed by atoms with Gasteiger partial charge in [-0.3, -0.25) is 9.59 Å². The minimum absolute atomic E-state index is 0.0644. The number of thioether (sulfide) groups is 1. The smallest absolute Gasteiger partial charge is 0.235 e. The number of benzene rings is 1. The maximum absolute atomic E-state index is 12.5. The first-order valence-corrected chi connectivity index (χ1v) is 9.12. The molecule has 1 heterocycles. The van der Waals surface area contributed by atoms with Gasteiger partial charge in [0.25, 0.3) is 0 Å². The van der Waals surface area contributed by atoms with E-state index in [9.17, 15) is 9.59 Å². The third kappa shape index (κ3) is 5.55. The van der Waals surface area contributed by atoms with E-state index < -0.39 is 0 Å². The van der Waals surface area contributed by atoms with Gasteiger partial charge in [-0.1, -0.05) is 24.6 Å². The highest BCUT2D eigenvalue weighted by molar-refractivity contribution is 8.01. The minimum atomic E-state index is -0.142. The van der Waals surface area contributed by atoms with E-state index in [4.69, 9.17) is 0 Å². The Bertz CT molecular complexity index is 527. The number of anilines is 1. The number of carbonyl (C=O) groups is 2. The predicted molar refractivity (Wildman–Crippen MR) is 95.8 cm³/mol. The summed E-state index contributed by atoms with van der Waals surface area (Å²) in [6.45, 7) is 7.21.